The molecule has 8 heteroatoms. The number of hydrogen-bond acceptors (Lipinski definition) is 6. The summed E-state index contributed by atoms with van der Waals surface area (Å²) in [7, 11) is 0. The van der Waals surface area contributed by atoms with Crippen LogP contribution in [-0.2, 0) is 4.79 Å². The van der Waals surface area contributed by atoms with Gasteiger partial charge in [-0.25, -0.2) is 4.79 Å². The van der Waals surface area contributed by atoms with Crippen molar-refractivity contribution < 1.29 is 23.9 Å². The number of ether oxygens (including phenoxy) is 2. The normalized spacial score (nSPS) is 15.0. The number of carbonyl (C=O) groups is 3. The summed E-state index contributed by atoms with van der Waals surface area (Å²) in [5.74, 6) is -0.372. The van der Waals surface area contributed by atoms with E-state index >= 15 is 0 Å². The molecule has 138 valence electrons. The molecule has 27 heavy (non-hydrogen) atoms. The van der Waals surface area contributed by atoms with Gasteiger partial charge in [0.25, 0.3) is 11.1 Å². The van der Waals surface area contributed by atoms with Crippen molar-refractivity contribution in [3.8, 4) is 11.5 Å². The van der Waals surface area contributed by atoms with Gasteiger partial charge in [0.05, 0.1) is 21.5 Å². The lowest BCUT2D eigenvalue weighted by Gasteiger charge is -2.13. The van der Waals surface area contributed by atoms with Crippen LogP contribution in [0, 0.1) is 0 Å². The van der Waals surface area contributed by atoms with Crippen LogP contribution in [0.15, 0.2) is 51.8 Å². The molecule has 1 aliphatic rings. The molecule has 0 unspecified atom stereocenters. The number of hydrogen-bond donors (Lipinski definition) is 1. The van der Waals surface area contributed by atoms with Crippen molar-refractivity contribution in [2.45, 2.75) is 6.92 Å². The van der Waals surface area contributed by atoms with Crippen LogP contribution < -0.4 is 14.8 Å². The maximum Gasteiger partial charge on any atom is 0.343 e. The maximum absolute atomic E-state index is 12.4. The number of esters is 1. The summed E-state index contributed by atoms with van der Waals surface area (Å²) in [4.78, 5) is 35.7. The Hall–Kier alpha value is -2.58. The third-order valence-corrected chi connectivity index (χ3v) is 4.88. The summed E-state index contributed by atoms with van der Waals surface area (Å²) in [6.45, 7) is 2.16. The number of halogens is 1. The highest BCUT2D eigenvalue weighted by Crippen LogP contribution is 2.39. The number of benzene rings is 2. The predicted octanol–water partition coefficient (Wildman–Crippen LogP) is 4.39. The highest BCUT2D eigenvalue weighted by molar-refractivity contribution is 9.10. The van der Waals surface area contributed by atoms with Gasteiger partial charge in [0.15, 0.2) is 11.5 Å². The van der Waals surface area contributed by atoms with Gasteiger partial charge in [-0.1, -0.05) is 18.2 Å². The second-order valence-corrected chi connectivity index (χ2v) is 7.24. The Kier molecular flexibility index (Phi) is 5.98. The van der Waals surface area contributed by atoms with Gasteiger partial charge in [0, 0.05) is 0 Å². The number of nitrogens with one attached hydrogen (secondary N) is 1. The molecular formula is C19H14BrNO5S. The third kappa shape index (κ3) is 4.58. The van der Waals surface area contributed by atoms with Gasteiger partial charge in [-0.05, 0) is 70.5 Å². The fourth-order valence-electron chi connectivity index (χ4n) is 2.33. The summed E-state index contributed by atoms with van der Waals surface area (Å²) >= 11 is 4.21. The van der Waals surface area contributed by atoms with E-state index in [1.807, 2.05) is 6.07 Å². The predicted molar refractivity (Wildman–Crippen MR) is 106 cm³/mol. The topological polar surface area (TPSA) is 81.7 Å². The Morgan fingerprint density at radius 3 is 2.59 bits per heavy atom. The lowest BCUT2D eigenvalue weighted by molar-refractivity contribution is -0.115. The summed E-state index contributed by atoms with van der Waals surface area (Å²) in [6.07, 6.45) is 1.57. The largest absolute Gasteiger partial charge is 0.490 e. The summed E-state index contributed by atoms with van der Waals surface area (Å²) in [6, 6.07) is 11.9. The van der Waals surface area contributed by atoms with Gasteiger partial charge in [-0.15, -0.1) is 0 Å². The lowest BCUT2D eigenvalue weighted by Crippen LogP contribution is -2.17. The zero-order valence-electron chi connectivity index (χ0n) is 14.2. The van der Waals surface area contributed by atoms with Crippen molar-refractivity contribution in [3.63, 3.8) is 0 Å². The SMILES string of the molecule is CCOc1cc(/C=C2\SC(=O)NC2=O)cc(Br)c1OC(=O)c1ccccc1. The Bertz CT molecular complexity index is 943. The monoisotopic (exact) mass is 447 g/mol. The van der Waals surface area contributed by atoms with Gasteiger partial charge in [-0.3, -0.25) is 14.9 Å². The fraction of sp³-hybridized carbons (Fsp3) is 0.105. The minimum absolute atomic E-state index is 0.243. The van der Waals surface area contributed by atoms with E-state index in [0.29, 0.717) is 28.0 Å². The van der Waals surface area contributed by atoms with Crippen LogP contribution in [0.2, 0.25) is 0 Å². The molecule has 1 N–H and O–H groups in total. The summed E-state index contributed by atoms with van der Waals surface area (Å²) in [5, 5.41) is 1.79. The Morgan fingerprint density at radius 1 is 1.22 bits per heavy atom. The second kappa shape index (κ2) is 8.41. The Balaban J connectivity index is 1.93. The third-order valence-electron chi connectivity index (χ3n) is 3.48. The van der Waals surface area contributed by atoms with Gasteiger partial charge in [0.2, 0.25) is 0 Å². The van der Waals surface area contributed by atoms with E-state index in [1.165, 1.54) is 0 Å². The molecule has 0 bridgehead atoms. The van der Waals surface area contributed by atoms with E-state index < -0.39 is 17.1 Å². The van der Waals surface area contributed by atoms with Gasteiger partial charge in [-0.2, -0.15) is 0 Å². The van der Waals surface area contributed by atoms with Crippen LogP contribution >= 0.6 is 27.7 Å². The number of carbonyl (C=O) groups excluding carboxylic acids is 3. The second-order valence-electron chi connectivity index (χ2n) is 5.37. The molecule has 0 aromatic heterocycles. The minimum atomic E-state index is -0.514. The molecule has 6 nitrogen and oxygen atoms in total. The quantitative estimate of drug-likeness (QED) is 0.415. The van der Waals surface area contributed by atoms with Crippen molar-refractivity contribution in [1.29, 1.82) is 0 Å². The van der Waals surface area contributed by atoms with E-state index in [9.17, 15) is 14.4 Å². The molecule has 0 atom stereocenters. The van der Waals surface area contributed by atoms with Crippen LogP contribution in [0.4, 0.5) is 4.79 Å². The Morgan fingerprint density at radius 2 is 1.96 bits per heavy atom. The molecule has 0 spiro atoms. The van der Waals surface area contributed by atoms with E-state index in [0.717, 1.165) is 11.8 Å². The first-order chi connectivity index (χ1) is 13.0. The summed E-state index contributed by atoms with van der Waals surface area (Å²) < 4.78 is 11.6. The van der Waals surface area contributed by atoms with E-state index in [2.05, 4.69) is 21.2 Å². The first-order valence-corrected chi connectivity index (χ1v) is 9.57. The first-order valence-electron chi connectivity index (χ1n) is 7.96. The molecule has 2 aromatic rings. The zero-order valence-corrected chi connectivity index (χ0v) is 16.6. The molecule has 1 heterocycles. The average Bonchev–Trinajstić information content (AvgIpc) is 2.96. The highest BCUT2D eigenvalue weighted by Gasteiger charge is 2.25. The van der Waals surface area contributed by atoms with Crippen LogP contribution in [0.1, 0.15) is 22.8 Å². The molecule has 2 aromatic carbocycles. The van der Waals surface area contributed by atoms with E-state index in [4.69, 9.17) is 9.47 Å². The van der Waals surface area contributed by atoms with E-state index in [1.54, 1.807) is 49.4 Å². The van der Waals surface area contributed by atoms with Crippen LogP contribution in [0.3, 0.4) is 0 Å². The molecule has 1 fully saturated rings. The molecule has 1 aliphatic heterocycles. The van der Waals surface area contributed by atoms with Crippen LogP contribution in [0.5, 0.6) is 11.5 Å². The number of imide groups is 1. The number of rotatable bonds is 5. The van der Waals surface area contributed by atoms with Crippen molar-refractivity contribution in [1.82, 2.24) is 5.32 Å². The maximum atomic E-state index is 12.4. The minimum Gasteiger partial charge on any atom is -0.490 e. The first kappa shape index (κ1) is 19.2. The van der Waals surface area contributed by atoms with Crippen molar-refractivity contribution in [2.75, 3.05) is 6.61 Å². The van der Waals surface area contributed by atoms with Crippen LogP contribution in [0.25, 0.3) is 6.08 Å². The Labute approximate surface area is 168 Å². The molecule has 3 rings (SSSR count). The molecule has 0 radical (unpaired) electrons. The highest BCUT2D eigenvalue weighted by atomic mass is 79.9. The fourth-order valence-corrected chi connectivity index (χ4v) is 3.55. The van der Waals surface area contributed by atoms with Crippen molar-refractivity contribution in [2.24, 2.45) is 0 Å². The standard InChI is InChI=1S/C19H14BrNO5S/c1-2-25-14-9-11(10-15-17(22)21-19(24)27-15)8-13(20)16(14)26-18(23)12-6-4-3-5-7-12/h3-10H,2H2,1H3,(H,21,22,24)/b15-10-. The summed E-state index contributed by atoms with van der Waals surface area (Å²) in [5.41, 5.74) is 1.03. The molecule has 0 saturated carbocycles. The van der Waals surface area contributed by atoms with E-state index in [-0.39, 0.29) is 10.7 Å². The molecule has 1 saturated heterocycles. The molecule has 0 aliphatic carbocycles. The zero-order chi connectivity index (χ0) is 19.4. The average molecular weight is 448 g/mol. The smallest absolute Gasteiger partial charge is 0.343 e. The van der Waals surface area contributed by atoms with Gasteiger partial charge in [0.1, 0.15) is 0 Å². The number of amides is 2. The van der Waals surface area contributed by atoms with Crippen molar-refractivity contribution >= 4 is 50.9 Å². The number of thioether (sulfide) groups is 1. The van der Waals surface area contributed by atoms with Gasteiger partial charge < -0.3 is 9.47 Å². The van der Waals surface area contributed by atoms with Crippen LogP contribution in [-0.4, -0.2) is 23.7 Å². The van der Waals surface area contributed by atoms with Crippen molar-refractivity contribution in [3.05, 3.63) is 63.0 Å². The molecule has 2 amide bonds. The van der Waals surface area contributed by atoms with Gasteiger partial charge >= 0.3 is 5.97 Å². The lowest BCUT2D eigenvalue weighted by atomic mass is 10.1. The molecular weight excluding hydrogens is 434 g/mol.